The lowest BCUT2D eigenvalue weighted by Gasteiger charge is -2.59. The van der Waals surface area contributed by atoms with E-state index < -0.39 is 0 Å². The molecule has 2 aromatic rings. The first-order chi connectivity index (χ1) is 15.1. The lowest BCUT2D eigenvalue weighted by molar-refractivity contribution is -0.168. The number of hydrogen-bond donors (Lipinski definition) is 1. The zero-order valence-corrected chi connectivity index (χ0v) is 17.4. The summed E-state index contributed by atoms with van der Waals surface area (Å²) in [6, 6.07) is 13.9. The summed E-state index contributed by atoms with van der Waals surface area (Å²) < 4.78 is 14.1. The van der Waals surface area contributed by atoms with Gasteiger partial charge in [-0.05, 0) is 30.0 Å². The Morgan fingerprint density at radius 1 is 1.06 bits per heavy atom. The van der Waals surface area contributed by atoms with Crippen molar-refractivity contribution in [2.24, 2.45) is 5.92 Å². The largest absolute Gasteiger partial charge is 0.394 e. The van der Waals surface area contributed by atoms with E-state index in [1.807, 2.05) is 30.3 Å². The van der Waals surface area contributed by atoms with Crippen molar-refractivity contribution in [3.63, 3.8) is 0 Å². The summed E-state index contributed by atoms with van der Waals surface area (Å²) in [5, 5.41) is 9.97. The standard InChI is InChI=1S/C25H27FN2O3/c26-20-8-4-3-7-19(20)16-9-11-17(12-10-16)24-21-13-27(25(31)18-5-1-2-6-18)14-23(30)28(21)22(24)15-29/h3-4,7-12,18,21-22,24,29H,1-2,5-6,13-15H2/t21-,22+,24-/m0/s1. The van der Waals surface area contributed by atoms with E-state index in [1.165, 1.54) is 6.07 Å². The van der Waals surface area contributed by atoms with E-state index in [4.69, 9.17) is 0 Å². The van der Waals surface area contributed by atoms with Gasteiger partial charge in [0, 0.05) is 23.9 Å². The molecule has 0 aromatic heterocycles. The highest BCUT2D eigenvalue weighted by Crippen LogP contribution is 2.43. The predicted octanol–water partition coefficient (Wildman–Crippen LogP) is 3.18. The number of fused-ring (bicyclic) bond motifs is 1. The fourth-order valence-corrected chi connectivity index (χ4v) is 5.68. The number of rotatable bonds is 4. The third-order valence-electron chi connectivity index (χ3n) is 7.25. The molecule has 1 aliphatic carbocycles. The van der Waals surface area contributed by atoms with Crippen LogP contribution < -0.4 is 0 Å². The van der Waals surface area contributed by atoms with Gasteiger partial charge in [0.25, 0.3) is 0 Å². The van der Waals surface area contributed by atoms with E-state index in [0.29, 0.717) is 12.1 Å². The molecule has 2 aliphatic heterocycles. The van der Waals surface area contributed by atoms with Gasteiger partial charge in [-0.2, -0.15) is 0 Å². The van der Waals surface area contributed by atoms with Crippen LogP contribution >= 0.6 is 0 Å². The predicted molar refractivity (Wildman–Crippen MR) is 115 cm³/mol. The molecule has 2 aromatic carbocycles. The van der Waals surface area contributed by atoms with Crippen LogP contribution in [0, 0.1) is 11.7 Å². The molecule has 0 bridgehead atoms. The van der Waals surface area contributed by atoms with E-state index in [-0.39, 0.29) is 54.7 Å². The molecular weight excluding hydrogens is 395 g/mol. The number of piperazine rings is 1. The summed E-state index contributed by atoms with van der Waals surface area (Å²) in [6.45, 7) is 0.511. The first kappa shape index (κ1) is 20.2. The first-order valence-electron chi connectivity index (χ1n) is 11.1. The van der Waals surface area contributed by atoms with E-state index in [0.717, 1.165) is 36.8 Å². The molecule has 5 rings (SSSR count). The highest BCUT2D eigenvalue weighted by Gasteiger charge is 2.54. The second kappa shape index (κ2) is 8.08. The minimum atomic E-state index is -0.277. The molecule has 2 heterocycles. The third kappa shape index (κ3) is 3.43. The molecular formula is C25H27FN2O3. The topological polar surface area (TPSA) is 60.9 Å². The normalized spacial score (nSPS) is 26.0. The van der Waals surface area contributed by atoms with Crippen LogP contribution in [-0.2, 0) is 9.59 Å². The van der Waals surface area contributed by atoms with Crippen molar-refractivity contribution in [3.05, 3.63) is 59.9 Å². The van der Waals surface area contributed by atoms with Crippen molar-refractivity contribution in [2.45, 2.75) is 43.7 Å². The van der Waals surface area contributed by atoms with E-state index in [2.05, 4.69) is 0 Å². The van der Waals surface area contributed by atoms with Crippen molar-refractivity contribution >= 4 is 11.8 Å². The van der Waals surface area contributed by atoms with Gasteiger partial charge in [-0.1, -0.05) is 55.3 Å². The Labute approximate surface area is 181 Å². The summed E-state index contributed by atoms with van der Waals surface area (Å²) >= 11 is 0. The molecule has 1 N–H and O–H groups in total. The Morgan fingerprint density at radius 3 is 2.45 bits per heavy atom. The number of carbonyl (C=O) groups excluding carboxylic acids is 2. The van der Waals surface area contributed by atoms with Gasteiger partial charge in [0.1, 0.15) is 5.82 Å². The molecule has 1 saturated carbocycles. The lowest BCUT2D eigenvalue weighted by atomic mass is 9.73. The molecule has 0 unspecified atom stereocenters. The van der Waals surface area contributed by atoms with Crippen LogP contribution in [0.4, 0.5) is 4.39 Å². The molecule has 5 nitrogen and oxygen atoms in total. The molecule has 0 radical (unpaired) electrons. The van der Waals surface area contributed by atoms with Gasteiger partial charge >= 0.3 is 0 Å². The quantitative estimate of drug-likeness (QED) is 0.823. The van der Waals surface area contributed by atoms with Crippen LogP contribution in [0.3, 0.4) is 0 Å². The maximum Gasteiger partial charge on any atom is 0.242 e. The van der Waals surface area contributed by atoms with Gasteiger partial charge in [0.15, 0.2) is 0 Å². The van der Waals surface area contributed by atoms with Crippen molar-refractivity contribution in [2.75, 3.05) is 19.7 Å². The number of nitrogens with zero attached hydrogens (tertiary/aromatic N) is 2. The molecule has 31 heavy (non-hydrogen) atoms. The van der Waals surface area contributed by atoms with Crippen molar-refractivity contribution in [1.82, 2.24) is 9.80 Å². The summed E-state index contributed by atoms with van der Waals surface area (Å²) in [4.78, 5) is 29.2. The zero-order valence-electron chi connectivity index (χ0n) is 17.4. The fourth-order valence-electron chi connectivity index (χ4n) is 5.68. The molecule has 3 atom stereocenters. The molecule has 2 amide bonds. The Balaban J connectivity index is 1.38. The van der Waals surface area contributed by atoms with Gasteiger partial charge in [0.2, 0.25) is 11.8 Å². The van der Waals surface area contributed by atoms with Gasteiger partial charge in [-0.15, -0.1) is 0 Å². The van der Waals surface area contributed by atoms with Crippen LogP contribution in [0.15, 0.2) is 48.5 Å². The summed E-state index contributed by atoms with van der Waals surface area (Å²) in [6.07, 6.45) is 3.99. The number of carbonyl (C=O) groups is 2. The number of hydrogen-bond acceptors (Lipinski definition) is 3. The highest BCUT2D eigenvalue weighted by molar-refractivity contribution is 5.88. The van der Waals surface area contributed by atoms with Crippen LogP contribution in [0.1, 0.15) is 37.2 Å². The molecule has 3 fully saturated rings. The minimum absolute atomic E-state index is 0.0391. The van der Waals surface area contributed by atoms with Gasteiger partial charge in [-0.3, -0.25) is 9.59 Å². The lowest BCUT2D eigenvalue weighted by Crippen LogP contribution is -2.73. The number of aliphatic hydroxyl groups excluding tert-OH is 1. The molecule has 3 aliphatic rings. The zero-order chi connectivity index (χ0) is 21.5. The maximum absolute atomic E-state index is 14.1. The third-order valence-corrected chi connectivity index (χ3v) is 7.25. The number of halogens is 1. The minimum Gasteiger partial charge on any atom is -0.394 e. The van der Waals surface area contributed by atoms with E-state index in [9.17, 15) is 19.1 Å². The van der Waals surface area contributed by atoms with Crippen molar-refractivity contribution in [1.29, 1.82) is 0 Å². The first-order valence-corrected chi connectivity index (χ1v) is 11.1. The van der Waals surface area contributed by atoms with Gasteiger partial charge in [0.05, 0.1) is 25.2 Å². The van der Waals surface area contributed by atoms with Gasteiger partial charge in [-0.25, -0.2) is 4.39 Å². The molecule has 162 valence electrons. The second-order valence-electron chi connectivity index (χ2n) is 8.95. The van der Waals surface area contributed by atoms with Crippen LogP contribution in [0.2, 0.25) is 0 Å². The van der Waals surface area contributed by atoms with E-state index >= 15 is 0 Å². The van der Waals surface area contributed by atoms with Gasteiger partial charge < -0.3 is 14.9 Å². The van der Waals surface area contributed by atoms with Crippen LogP contribution in [-0.4, -0.2) is 58.5 Å². The summed E-state index contributed by atoms with van der Waals surface area (Å²) in [7, 11) is 0. The number of amides is 2. The molecule has 0 spiro atoms. The summed E-state index contributed by atoms with van der Waals surface area (Å²) in [5.74, 6) is -0.237. The number of benzene rings is 2. The second-order valence-corrected chi connectivity index (χ2v) is 8.95. The van der Waals surface area contributed by atoms with Crippen molar-refractivity contribution < 1.29 is 19.1 Å². The Morgan fingerprint density at radius 2 is 1.77 bits per heavy atom. The van der Waals surface area contributed by atoms with Crippen LogP contribution in [0.25, 0.3) is 11.1 Å². The average molecular weight is 423 g/mol. The van der Waals surface area contributed by atoms with E-state index in [1.54, 1.807) is 21.9 Å². The number of aliphatic hydroxyl groups is 1. The smallest absolute Gasteiger partial charge is 0.242 e. The Hall–Kier alpha value is -2.73. The highest BCUT2D eigenvalue weighted by atomic mass is 19.1. The Kier molecular flexibility index (Phi) is 5.26. The average Bonchev–Trinajstić information content (AvgIpc) is 3.30. The maximum atomic E-state index is 14.1. The molecule has 2 saturated heterocycles. The molecule has 6 heteroatoms. The Bertz CT molecular complexity index is 987. The van der Waals surface area contributed by atoms with Crippen LogP contribution in [0.5, 0.6) is 0 Å². The fraction of sp³-hybridized carbons (Fsp3) is 0.440. The SMILES string of the molecule is O=C(C1CCCC1)N1CC(=O)N2[C@H](CO)[C@@H](c3ccc(-c4ccccc4F)cc3)[C@@H]2C1. The summed E-state index contributed by atoms with van der Waals surface area (Å²) in [5.41, 5.74) is 2.34. The van der Waals surface area contributed by atoms with Crippen molar-refractivity contribution in [3.8, 4) is 11.1 Å². The monoisotopic (exact) mass is 422 g/mol.